The molecule has 24 heavy (non-hydrogen) atoms. The molecule has 3 N–H and O–H groups in total. The van der Waals surface area contributed by atoms with Gasteiger partial charge in [0.2, 0.25) is 5.91 Å². The van der Waals surface area contributed by atoms with E-state index in [1.807, 2.05) is 20.8 Å². The second-order valence-corrected chi connectivity index (χ2v) is 6.20. The second-order valence-electron chi connectivity index (χ2n) is 6.20. The summed E-state index contributed by atoms with van der Waals surface area (Å²) in [6.07, 6.45) is 1.75. The van der Waals surface area contributed by atoms with E-state index >= 15 is 0 Å². The monoisotopic (exact) mass is 334 g/mol. The molecule has 1 atom stereocenters. The molecule has 2 aromatic rings. The van der Waals surface area contributed by atoms with Crippen LogP contribution in [0, 0.1) is 13.8 Å². The first-order valence-corrected chi connectivity index (χ1v) is 8.34. The average molecular weight is 334 g/mol. The van der Waals surface area contributed by atoms with Gasteiger partial charge in [0.15, 0.2) is 5.65 Å². The number of fused-ring (bicyclic) bond motifs is 1. The predicted octanol–water partition coefficient (Wildman–Crippen LogP) is 1.09. The van der Waals surface area contributed by atoms with E-state index in [4.69, 9.17) is 0 Å². The average Bonchev–Trinajstić information content (AvgIpc) is 2.81. The van der Waals surface area contributed by atoms with Crippen molar-refractivity contribution in [2.24, 2.45) is 7.05 Å². The molecule has 0 fully saturated rings. The topological polar surface area (TPSA) is 100 Å². The van der Waals surface area contributed by atoms with Crippen LogP contribution in [0.2, 0.25) is 0 Å². The SMILES string of the molecule is CCC(O)CCNC(=O)CCc1c(C)nc2[nH]n(C)c(=O)c2c1C. The quantitative estimate of drug-likeness (QED) is 0.705. The highest BCUT2D eigenvalue weighted by Gasteiger charge is 2.15. The van der Waals surface area contributed by atoms with Crippen LogP contribution in [0.4, 0.5) is 0 Å². The third kappa shape index (κ3) is 3.84. The van der Waals surface area contributed by atoms with Crippen LogP contribution in [0.25, 0.3) is 11.0 Å². The van der Waals surface area contributed by atoms with Gasteiger partial charge in [0.1, 0.15) is 0 Å². The first-order valence-electron chi connectivity index (χ1n) is 8.34. The zero-order valence-electron chi connectivity index (χ0n) is 14.8. The van der Waals surface area contributed by atoms with Crippen LogP contribution in [0.5, 0.6) is 0 Å². The number of hydrogen-bond acceptors (Lipinski definition) is 4. The summed E-state index contributed by atoms with van der Waals surface area (Å²) in [6, 6.07) is 0. The summed E-state index contributed by atoms with van der Waals surface area (Å²) in [5.74, 6) is -0.0563. The van der Waals surface area contributed by atoms with E-state index in [1.54, 1.807) is 7.05 Å². The molecule has 132 valence electrons. The Labute approximate surface area is 141 Å². The van der Waals surface area contributed by atoms with Crippen LogP contribution in [0.1, 0.15) is 43.0 Å². The third-order valence-corrected chi connectivity index (χ3v) is 4.45. The molecule has 7 heteroatoms. The molecule has 0 aromatic carbocycles. The van der Waals surface area contributed by atoms with Crippen molar-refractivity contribution in [3.8, 4) is 0 Å². The van der Waals surface area contributed by atoms with Gasteiger partial charge in [-0.2, -0.15) is 0 Å². The number of aromatic amines is 1. The highest BCUT2D eigenvalue weighted by atomic mass is 16.3. The molecule has 2 aromatic heterocycles. The van der Waals surface area contributed by atoms with E-state index in [1.165, 1.54) is 4.68 Å². The van der Waals surface area contributed by atoms with Gasteiger partial charge in [-0.3, -0.25) is 19.4 Å². The zero-order valence-corrected chi connectivity index (χ0v) is 14.8. The highest BCUT2D eigenvalue weighted by molar-refractivity contribution is 5.80. The van der Waals surface area contributed by atoms with Gasteiger partial charge in [0, 0.05) is 25.7 Å². The van der Waals surface area contributed by atoms with Gasteiger partial charge in [0.05, 0.1) is 11.5 Å². The summed E-state index contributed by atoms with van der Waals surface area (Å²) in [5.41, 5.74) is 3.14. The third-order valence-electron chi connectivity index (χ3n) is 4.45. The number of carbonyl (C=O) groups is 1. The van der Waals surface area contributed by atoms with Crippen molar-refractivity contribution >= 4 is 16.9 Å². The number of hydrogen-bond donors (Lipinski definition) is 3. The number of aromatic nitrogens is 3. The van der Waals surface area contributed by atoms with Gasteiger partial charge < -0.3 is 10.4 Å². The molecular formula is C17H26N4O3. The van der Waals surface area contributed by atoms with Gasteiger partial charge >= 0.3 is 0 Å². The van der Waals surface area contributed by atoms with Crippen LogP contribution in [-0.4, -0.2) is 38.4 Å². The van der Waals surface area contributed by atoms with Crippen LogP contribution in [0.15, 0.2) is 4.79 Å². The number of pyridine rings is 1. The lowest BCUT2D eigenvalue weighted by molar-refractivity contribution is -0.121. The molecule has 2 heterocycles. The molecular weight excluding hydrogens is 308 g/mol. The minimum atomic E-state index is -0.369. The van der Waals surface area contributed by atoms with Crippen molar-refractivity contribution in [3.05, 3.63) is 27.2 Å². The number of aliphatic hydroxyl groups excluding tert-OH is 1. The molecule has 1 unspecified atom stereocenters. The maximum Gasteiger partial charge on any atom is 0.276 e. The Morgan fingerprint density at radius 1 is 1.42 bits per heavy atom. The first-order chi connectivity index (χ1) is 11.3. The fraction of sp³-hybridized carbons (Fsp3) is 0.588. The summed E-state index contributed by atoms with van der Waals surface area (Å²) in [6.45, 7) is 6.17. The summed E-state index contributed by atoms with van der Waals surface area (Å²) < 4.78 is 1.42. The molecule has 0 bridgehead atoms. The molecule has 7 nitrogen and oxygen atoms in total. The highest BCUT2D eigenvalue weighted by Crippen LogP contribution is 2.20. The smallest absolute Gasteiger partial charge is 0.276 e. The molecule has 0 radical (unpaired) electrons. The summed E-state index contributed by atoms with van der Waals surface area (Å²) in [4.78, 5) is 28.6. The lowest BCUT2D eigenvalue weighted by atomic mass is 10.0. The molecule has 0 saturated heterocycles. The fourth-order valence-corrected chi connectivity index (χ4v) is 2.89. The van der Waals surface area contributed by atoms with Gasteiger partial charge in [-0.25, -0.2) is 4.98 Å². The number of nitrogens with zero attached hydrogens (tertiary/aromatic N) is 2. The Morgan fingerprint density at radius 3 is 2.79 bits per heavy atom. The van der Waals surface area contributed by atoms with E-state index in [2.05, 4.69) is 15.4 Å². The number of rotatable bonds is 7. The molecule has 0 aliphatic heterocycles. The van der Waals surface area contributed by atoms with Crippen LogP contribution in [0.3, 0.4) is 0 Å². The van der Waals surface area contributed by atoms with Crippen molar-refractivity contribution in [2.45, 2.75) is 52.6 Å². The normalized spacial score (nSPS) is 12.5. The van der Waals surface area contributed by atoms with E-state index in [-0.39, 0.29) is 17.6 Å². The number of nitrogens with one attached hydrogen (secondary N) is 2. The zero-order chi connectivity index (χ0) is 17.9. The molecule has 0 spiro atoms. The number of carbonyl (C=O) groups excluding carboxylic acids is 1. The van der Waals surface area contributed by atoms with Gasteiger partial charge in [0.25, 0.3) is 5.56 Å². The summed E-state index contributed by atoms with van der Waals surface area (Å²) in [7, 11) is 1.66. The maximum atomic E-state index is 12.2. The van der Waals surface area contributed by atoms with Crippen molar-refractivity contribution in [1.82, 2.24) is 20.1 Å². The van der Waals surface area contributed by atoms with Crippen molar-refractivity contribution in [3.63, 3.8) is 0 Å². The van der Waals surface area contributed by atoms with Crippen LogP contribution in [-0.2, 0) is 18.3 Å². The minimum Gasteiger partial charge on any atom is -0.393 e. The fourth-order valence-electron chi connectivity index (χ4n) is 2.89. The van der Waals surface area contributed by atoms with E-state index in [0.717, 1.165) is 16.8 Å². The summed E-state index contributed by atoms with van der Waals surface area (Å²) in [5, 5.41) is 15.8. The summed E-state index contributed by atoms with van der Waals surface area (Å²) >= 11 is 0. The van der Waals surface area contributed by atoms with Gasteiger partial charge in [-0.15, -0.1) is 0 Å². The maximum absolute atomic E-state index is 12.2. The first kappa shape index (κ1) is 18.2. The molecule has 0 aliphatic carbocycles. The van der Waals surface area contributed by atoms with Crippen molar-refractivity contribution in [2.75, 3.05) is 6.54 Å². The lowest BCUT2D eigenvalue weighted by Gasteiger charge is -2.11. The van der Waals surface area contributed by atoms with E-state index in [9.17, 15) is 14.7 Å². The van der Waals surface area contributed by atoms with E-state index in [0.29, 0.717) is 43.3 Å². The Hall–Kier alpha value is -2.15. The predicted molar refractivity (Wildman–Crippen MR) is 93.1 cm³/mol. The Balaban J connectivity index is 2.06. The number of H-pyrrole nitrogens is 1. The minimum absolute atomic E-state index is 0.0563. The van der Waals surface area contributed by atoms with Gasteiger partial charge in [-0.05, 0) is 44.2 Å². The number of aliphatic hydroxyl groups is 1. The van der Waals surface area contributed by atoms with Gasteiger partial charge in [-0.1, -0.05) is 6.92 Å². The Morgan fingerprint density at radius 2 is 2.12 bits per heavy atom. The second kappa shape index (κ2) is 7.61. The molecule has 0 aliphatic rings. The number of amides is 1. The van der Waals surface area contributed by atoms with Crippen molar-refractivity contribution < 1.29 is 9.90 Å². The largest absolute Gasteiger partial charge is 0.393 e. The molecule has 2 rings (SSSR count). The number of aryl methyl sites for hydroxylation is 3. The van der Waals surface area contributed by atoms with E-state index < -0.39 is 0 Å². The molecule has 0 saturated carbocycles. The van der Waals surface area contributed by atoms with Crippen LogP contribution >= 0.6 is 0 Å². The standard InChI is InChI=1S/C17H26N4O3/c1-5-12(22)8-9-18-14(23)7-6-13-10(2)15-16(19-11(13)3)20-21(4)17(15)24/h12,22H,5-9H2,1-4H3,(H,18,23)(H,19,20). The van der Waals surface area contributed by atoms with Crippen molar-refractivity contribution in [1.29, 1.82) is 0 Å². The van der Waals surface area contributed by atoms with Crippen LogP contribution < -0.4 is 10.9 Å². The lowest BCUT2D eigenvalue weighted by Crippen LogP contribution is -2.27. The Kier molecular flexibility index (Phi) is 5.77. The molecule has 1 amide bonds. The Bertz CT molecular complexity index is 791.